The van der Waals surface area contributed by atoms with E-state index in [2.05, 4.69) is 0 Å². The zero-order valence-corrected chi connectivity index (χ0v) is 9.00. The number of aromatic nitrogens is 1. The molecule has 2 aromatic rings. The van der Waals surface area contributed by atoms with Crippen LogP contribution >= 0.6 is 11.3 Å². The van der Waals surface area contributed by atoms with E-state index < -0.39 is 0 Å². The average Bonchev–Trinajstić information content (AvgIpc) is 2.48. The minimum atomic E-state index is 0.142. The summed E-state index contributed by atoms with van der Waals surface area (Å²) in [7, 11) is 0. The fraction of sp³-hybridized carbons (Fsp3) is 0.364. The quantitative estimate of drug-likeness (QED) is 0.773. The molecular formula is C11H11NO2S. The van der Waals surface area contributed by atoms with Crippen LogP contribution in [0.15, 0.2) is 29.1 Å². The van der Waals surface area contributed by atoms with Crippen LogP contribution in [0.2, 0.25) is 0 Å². The van der Waals surface area contributed by atoms with Crippen LogP contribution in [-0.4, -0.2) is 17.8 Å². The molecule has 4 heteroatoms. The van der Waals surface area contributed by atoms with Gasteiger partial charge >= 0.3 is 4.87 Å². The second-order valence-corrected chi connectivity index (χ2v) is 4.84. The number of hydrogen-bond donors (Lipinski definition) is 0. The van der Waals surface area contributed by atoms with Gasteiger partial charge in [-0.3, -0.25) is 9.36 Å². The minimum Gasteiger partial charge on any atom is -0.381 e. The van der Waals surface area contributed by atoms with Gasteiger partial charge in [-0.15, -0.1) is 0 Å². The van der Waals surface area contributed by atoms with Crippen molar-refractivity contribution < 1.29 is 4.74 Å². The highest BCUT2D eigenvalue weighted by atomic mass is 32.1. The van der Waals surface area contributed by atoms with Gasteiger partial charge in [0.2, 0.25) is 0 Å². The van der Waals surface area contributed by atoms with Gasteiger partial charge in [0.15, 0.2) is 0 Å². The van der Waals surface area contributed by atoms with Crippen molar-refractivity contribution in [1.29, 1.82) is 0 Å². The summed E-state index contributed by atoms with van der Waals surface area (Å²) < 4.78 is 8.06. The Balaban J connectivity index is 2.07. The topological polar surface area (TPSA) is 31.2 Å². The fourth-order valence-corrected chi connectivity index (χ4v) is 2.74. The molecule has 3 nitrogen and oxygen atoms in total. The summed E-state index contributed by atoms with van der Waals surface area (Å²) in [4.78, 5) is 11.9. The summed E-state index contributed by atoms with van der Waals surface area (Å²) in [6.07, 6.45) is 0. The third-order valence-corrected chi connectivity index (χ3v) is 3.68. The van der Waals surface area contributed by atoms with Gasteiger partial charge in [-0.2, -0.15) is 0 Å². The molecule has 3 rings (SSSR count). The van der Waals surface area contributed by atoms with Gasteiger partial charge in [0.25, 0.3) is 0 Å². The normalized spacial score (nSPS) is 16.8. The Morgan fingerprint density at radius 2 is 2.20 bits per heavy atom. The van der Waals surface area contributed by atoms with Crippen molar-refractivity contribution in [3.63, 3.8) is 0 Å². The lowest BCUT2D eigenvalue weighted by molar-refractivity contribution is -0.0391. The maximum Gasteiger partial charge on any atom is 0.308 e. The van der Waals surface area contributed by atoms with Crippen molar-refractivity contribution in [3.8, 4) is 0 Å². The summed E-state index contributed by atoms with van der Waals surface area (Å²) >= 11 is 1.32. The van der Waals surface area contributed by atoms with E-state index in [1.54, 1.807) is 0 Å². The molecule has 1 fully saturated rings. The van der Waals surface area contributed by atoms with Crippen LogP contribution in [0.25, 0.3) is 10.2 Å². The zero-order chi connectivity index (χ0) is 10.3. The molecule has 78 valence electrons. The summed E-state index contributed by atoms with van der Waals surface area (Å²) in [5.41, 5.74) is 1.06. The Kier molecular flexibility index (Phi) is 2.11. The molecular weight excluding hydrogens is 210 g/mol. The smallest absolute Gasteiger partial charge is 0.308 e. The number of benzene rings is 1. The van der Waals surface area contributed by atoms with E-state index in [1.807, 2.05) is 28.8 Å². The van der Waals surface area contributed by atoms with Crippen LogP contribution in [0.4, 0.5) is 0 Å². The van der Waals surface area contributed by atoms with Gasteiger partial charge in [0.1, 0.15) is 0 Å². The molecule has 1 aromatic carbocycles. The lowest BCUT2D eigenvalue weighted by Crippen LogP contribution is -2.33. The van der Waals surface area contributed by atoms with E-state index >= 15 is 0 Å². The maximum atomic E-state index is 11.8. The van der Waals surface area contributed by atoms with Crippen LogP contribution in [-0.2, 0) is 11.3 Å². The third kappa shape index (κ3) is 1.50. The van der Waals surface area contributed by atoms with E-state index in [4.69, 9.17) is 4.74 Å². The molecule has 1 aliphatic rings. The van der Waals surface area contributed by atoms with Crippen molar-refractivity contribution in [3.05, 3.63) is 33.9 Å². The van der Waals surface area contributed by atoms with Crippen LogP contribution in [0.1, 0.15) is 0 Å². The third-order valence-electron chi connectivity index (χ3n) is 2.72. The van der Waals surface area contributed by atoms with Crippen LogP contribution in [0, 0.1) is 5.92 Å². The molecule has 0 spiro atoms. The molecule has 15 heavy (non-hydrogen) atoms. The number of fused-ring (bicyclic) bond motifs is 1. The van der Waals surface area contributed by atoms with Gasteiger partial charge in [0, 0.05) is 12.5 Å². The highest BCUT2D eigenvalue weighted by Crippen LogP contribution is 2.19. The molecule has 0 unspecified atom stereocenters. The Hall–Kier alpha value is -1.13. The van der Waals surface area contributed by atoms with E-state index in [0.717, 1.165) is 30.0 Å². The Labute approximate surface area is 90.9 Å². The molecule has 1 saturated heterocycles. The number of thiazole rings is 1. The second-order valence-electron chi connectivity index (χ2n) is 3.85. The van der Waals surface area contributed by atoms with Gasteiger partial charge in [-0.1, -0.05) is 23.5 Å². The van der Waals surface area contributed by atoms with Crippen molar-refractivity contribution >= 4 is 21.6 Å². The summed E-state index contributed by atoms with van der Waals surface area (Å²) in [6, 6.07) is 7.94. The van der Waals surface area contributed by atoms with E-state index in [1.165, 1.54) is 11.3 Å². The lowest BCUT2D eigenvalue weighted by Gasteiger charge is -2.26. The molecule has 1 aliphatic heterocycles. The molecule has 1 aromatic heterocycles. The molecule has 0 radical (unpaired) electrons. The number of nitrogens with zero attached hydrogens (tertiary/aromatic N) is 1. The second kappa shape index (κ2) is 3.47. The molecule has 0 atom stereocenters. The van der Waals surface area contributed by atoms with Gasteiger partial charge in [-0.25, -0.2) is 0 Å². The fourth-order valence-electron chi connectivity index (χ4n) is 1.83. The summed E-state index contributed by atoms with van der Waals surface area (Å²) in [5, 5.41) is 0. The van der Waals surface area contributed by atoms with Crippen LogP contribution in [0.3, 0.4) is 0 Å². The Morgan fingerprint density at radius 3 is 2.93 bits per heavy atom. The largest absolute Gasteiger partial charge is 0.381 e. The monoisotopic (exact) mass is 221 g/mol. The van der Waals surface area contributed by atoms with E-state index in [9.17, 15) is 4.79 Å². The summed E-state index contributed by atoms with van der Waals surface area (Å²) in [6.45, 7) is 2.37. The summed E-state index contributed by atoms with van der Waals surface area (Å²) in [5.74, 6) is 0.515. The van der Waals surface area contributed by atoms with E-state index in [0.29, 0.717) is 5.92 Å². The predicted octanol–water partition coefficient (Wildman–Crippen LogP) is 1.71. The van der Waals surface area contributed by atoms with Gasteiger partial charge in [0.05, 0.1) is 23.4 Å². The Bertz CT molecular complexity index is 539. The molecule has 0 N–H and O–H groups in total. The van der Waals surface area contributed by atoms with Crippen molar-refractivity contribution in [2.45, 2.75) is 6.54 Å². The molecule has 0 aliphatic carbocycles. The van der Waals surface area contributed by atoms with Gasteiger partial charge < -0.3 is 4.74 Å². The molecule has 0 bridgehead atoms. The van der Waals surface area contributed by atoms with Crippen LogP contribution in [0.5, 0.6) is 0 Å². The first-order valence-electron chi connectivity index (χ1n) is 5.01. The first kappa shape index (κ1) is 9.12. The lowest BCUT2D eigenvalue weighted by atomic mass is 10.1. The first-order valence-corrected chi connectivity index (χ1v) is 5.82. The van der Waals surface area contributed by atoms with Crippen molar-refractivity contribution in [2.75, 3.05) is 13.2 Å². The number of ether oxygens (including phenoxy) is 1. The molecule has 0 amide bonds. The zero-order valence-electron chi connectivity index (χ0n) is 8.18. The highest BCUT2D eigenvalue weighted by molar-refractivity contribution is 7.16. The average molecular weight is 221 g/mol. The van der Waals surface area contributed by atoms with Gasteiger partial charge in [-0.05, 0) is 12.1 Å². The SMILES string of the molecule is O=c1sc2ccccc2n1CC1COC1. The number of hydrogen-bond acceptors (Lipinski definition) is 3. The first-order chi connectivity index (χ1) is 7.34. The Morgan fingerprint density at radius 1 is 1.40 bits per heavy atom. The van der Waals surface area contributed by atoms with Crippen LogP contribution < -0.4 is 4.87 Å². The number of para-hydroxylation sites is 1. The van der Waals surface area contributed by atoms with Crippen molar-refractivity contribution in [1.82, 2.24) is 4.57 Å². The van der Waals surface area contributed by atoms with E-state index in [-0.39, 0.29) is 4.87 Å². The number of rotatable bonds is 2. The highest BCUT2D eigenvalue weighted by Gasteiger charge is 2.20. The molecule has 2 heterocycles. The standard InChI is InChI=1S/C11H11NO2S/c13-11-12(5-8-6-14-7-8)9-3-1-2-4-10(9)15-11/h1-4,8H,5-7H2. The molecule has 0 saturated carbocycles. The predicted molar refractivity (Wildman–Crippen MR) is 60.4 cm³/mol. The van der Waals surface area contributed by atoms with Crippen molar-refractivity contribution in [2.24, 2.45) is 5.92 Å². The minimum absolute atomic E-state index is 0.142. The maximum absolute atomic E-state index is 11.8.